The molecule has 0 aromatic heterocycles. The van der Waals surface area contributed by atoms with Gasteiger partial charge >= 0.3 is 6.03 Å². The van der Waals surface area contributed by atoms with Crippen LogP contribution in [0.4, 0.5) is 4.79 Å². The second kappa shape index (κ2) is 7.05. The molecule has 0 spiro atoms. The molecule has 1 aliphatic heterocycles. The highest BCUT2D eigenvalue weighted by Crippen LogP contribution is 2.35. The van der Waals surface area contributed by atoms with Gasteiger partial charge in [0.15, 0.2) is 0 Å². The molecular formula is C19H21ClN2O. The van der Waals surface area contributed by atoms with Gasteiger partial charge in [0.05, 0.1) is 6.04 Å². The van der Waals surface area contributed by atoms with Gasteiger partial charge in [-0.05, 0) is 37.0 Å². The fourth-order valence-electron chi connectivity index (χ4n) is 3.06. The molecule has 0 aliphatic carbocycles. The molecule has 120 valence electrons. The van der Waals surface area contributed by atoms with Crippen LogP contribution in [0.1, 0.15) is 35.6 Å². The molecule has 23 heavy (non-hydrogen) atoms. The normalized spacial score (nSPS) is 17.3. The Hall–Kier alpha value is -2.00. The first kappa shape index (κ1) is 15.9. The number of benzene rings is 2. The molecule has 0 radical (unpaired) electrons. The van der Waals surface area contributed by atoms with E-state index in [9.17, 15) is 4.79 Å². The van der Waals surface area contributed by atoms with Crippen LogP contribution < -0.4 is 5.32 Å². The van der Waals surface area contributed by atoms with Gasteiger partial charge in [-0.1, -0.05) is 59.6 Å². The number of likely N-dealkylation sites (tertiary alicyclic amines) is 1. The molecule has 1 saturated heterocycles. The number of urea groups is 1. The second-order valence-corrected chi connectivity index (χ2v) is 6.42. The van der Waals surface area contributed by atoms with Crippen LogP contribution in [0.2, 0.25) is 5.02 Å². The number of nitrogens with one attached hydrogen (secondary N) is 1. The quantitative estimate of drug-likeness (QED) is 0.870. The third kappa shape index (κ3) is 3.67. The van der Waals surface area contributed by atoms with E-state index in [-0.39, 0.29) is 12.1 Å². The Morgan fingerprint density at radius 2 is 1.96 bits per heavy atom. The van der Waals surface area contributed by atoms with Crippen LogP contribution in [0.5, 0.6) is 0 Å². The van der Waals surface area contributed by atoms with E-state index in [1.54, 1.807) is 0 Å². The summed E-state index contributed by atoms with van der Waals surface area (Å²) in [4.78, 5) is 14.5. The molecule has 2 aromatic rings. The summed E-state index contributed by atoms with van der Waals surface area (Å²) < 4.78 is 0. The average Bonchev–Trinajstić information content (AvgIpc) is 3.04. The van der Waals surface area contributed by atoms with Crippen molar-refractivity contribution in [3.05, 3.63) is 70.2 Å². The van der Waals surface area contributed by atoms with E-state index >= 15 is 0 Å². The van der Waals surface area contributed by atoms with Gasteiger partial charge < -0.3 is 10.2 Å². The predicted molar refractivity (Wildman–Crippen MR) is 93.5 cm³/mol. The lowest BCUT2D eigenvalue weighted by Gasteiger charge is -2.26. The van der Waals surface area contributed by atoms with Gasteiger partial charge in [-0.3, -0.25) is 0 Å². The van der Waals surface area contributed by atoms with Crippen LogP contribution >= 0.6 is 11.6 Å². The maximum atomic E-state index is 12.6. The van der Waals surface area contributed by atoms with Crippen molar-refractivity contribution in [3.63, 3.8) is 0 Å². The van der Waals surface area contributed by atoms with E-state index in [4.69, 9.17) is 11.6 Å². The summed E-state index contributed by atoms with van der Waals surface area (Å²) in [6.45, 7) is 3.38. The molecule has 0 bridgehead atoms. The van der Waals surface area contributed by atoms with E-state index in [0.717, 1.165) is 35.5 Å². The minimum absolute atomic E-state index is 0.0204. The lowest BCUT2D eigenvalue weighted by molar-refractivity contribution is 0.192. The fourth-order valence-corrected chi connectivity index (χ4v) is 3.33. The van der Waals surface area contributed by atoms with Crippen molar-refractivity contribution in [1.29, 1.82) is 0 Å². The number of nitrogens with zero attached hydrogens (tertiary/aromatic N) is 1. The maximum Gasteiger partial charge on any atom is 0.318 e. The minimum atomic E-state index is -0.0204. The van der Waals surface area contributed by atoms with E-state index in [0.29, 0.717) is 6.54 Å². The van der Waals surface area contributed by atoms with Crippen LogP contribution in [0.3, 0.4) is 0 Å². The first-order chi connectivity index (χ1) is 11.1. The SMILES string of the molecule is Cc1ccc(CNC(=O)N2CCCC2c2ccccc2Cl)cc1. The molecule has 0 saturated carbocycles. The zero-order valence-corrected chi connectivity index (χ0v) is 14.0. The third-order valence-electron chi connectivity index (χ3n) is 4.34. The summed E-state index contributed by atoms with van der Waals surface area (Å²) in [5, 5.41) is 3.76. The number of carbonyl (C=O) groups excluding carboxylic acids is 1. The van der Waals surface area contributed by atoms with Crippen molar-refractivity contribution in [1.82, 2.24) is 10.2 Å². The van der Waals surface area contributed by atoms with Gasteiger partial charge in [0.1, 0.15) is 0 Å². The fraction of sp³-hybridized carbons (Fsp3) is 0.316. The number of carbonyl (C=O) groups is 1. The second-order valence-electron chi connectivity index (χ2n) is 6.02. The summed E-state index contributed by atoms with van der Waals surface area (Å²) in [6, 6.07) is 16.1. The molecular weight excluding hydrogens is 308 g/mol. The van der Waals surface area contributed by atoms with Gasteiger partial charge in [-0.2, -0.15) is 0 Å². The molecule has 1 heterocycles. The number of aryl methyl sites for hydroxylation is 1. The number of rotatable bonds is 3. The molecule has 4 heteroatoms. The van der Waals surface area contributed by atoms with Crippen molar-refractivity contribution >= 4 is 17.6 Å². The summed E-state index contributed by atoms with van der Waals surface area (Å²) in [5.41, 5.74) is 3.37. The topological polar surface area (TPSA) is 32.3 Å². The molecule has 1 atom stereocenters. The zero-order chi connectivity index (χ0) is 16.2. The Morgan fingerprint density at radius 3 is 2.70 bits per heavy atom. The van der Waals surface area contributed by atoms with Crippen molar-refractivity contribution in [2.75, 3.05) is 6.54 Å². The minimum Gasteiger partial charge on any atom is -0.334 e. The first-order valence-corrected chi connectivity index (χ1v) is 8.37. The molecule has 2 amide bonds. The van der Waals surface area contributed by atoms with Crippen LogP contribution in [0, 0.1) is 6.92 Å². The zero-order valence-electron chi connectivity index (χ0n) is 13.3. The Bertz CT molecular complexity index is 684. The average molecular weight is 329 g/mol. The lowest BCUT2D eigenvalue weighted by Crippen LogP contribution is -2.39. The largest absolute Gasteiger partial charge is 0.334 e. The van der Waals surface area contributed by atoms with Gasteiger partial charge in [-0.25, -0.2) is 4.79 Å². The summed E-state index contributed by atoms with van der Waals surface area (Å²) in [7, 11) is 0. The number of hydrogen-bond donors (Lipinski definition) is 1. The van der Waals surface area contributed by atoms with Gasteiger partial charge in [0.25, 0.3) is 0 Å². The van der Waals surface area contributed by atoms with Gasteiger partial charge in [-0.15, -0.1) is 0 Å². The monoisotopic (exact) mass is 328 g/mol. The van der Waals surface area contributed by atoms with E-state index in [1.807, 2.05) is 41.3 Å². The van der Waals surface area contributed by atoms with Crippen molar-refractivity contribution in [2.24, 2.45) is 0 Å². The smallest absolute Gasteiger partial charge is 0.318 e. The standard InChI is InChI=1S/C19H21ClN2O/c1-14-8-10-15(11-9-14)13-21-19(23)22-12-4-7-18(22)16-5-2-3-6-17(16)20/h2-3,5-6,8-11,18H,4,7,12-13H2,1H3,(H,21,23). The summed E-state index contributed by atoms with van der Waals surface area (Å²) in [6.07, 6.45) is 1.97. The highest BCUT2D eigenvalue weighted by Gasteiger charge is 2.30. The highest BCUT2D eigenvalue weighted by atomic mass is 35.5. The lowest BCUT2D eigenvalue weighted by atomic mass is 10.0. The maximum absolute atomic E-state index is 12.6. The molecule has 1 fully saturated rings. The van der Waals surface area contributed by atoms with Crippen molar-refractivity contribution < 1.29 is 4.79 Å². The van der Waals surface area contributed by atoms with E-state index in [1.165, 1.54) is 5.56 Å². The van der Waals surface area contributed by atoms with Gasteiger partial charge in [0.2, 0.25) is 0 Å². The van der Waals surface area contributed by atoms with Crippen LogP contribution in [-0.4, -0.2) is 17.5 Å². The predicted octanol–water partition coefficient (Wildman–Crippen LogP) is 4.70. The molecule has 3 rings (SSSR count). The van der Waals surface area contributed by atoms with Crippen LogP contribution in [0.15, 0.2) is 48.5 Å². The number of amides is 2. The van der Waals surface area contributed by atoms with E-state index < -0.39 is 0 Å². The molecule has 2 aromatic carbocycles. The van der Waals surface area contributed by atoms with E-state index in [2.05, 4.69) is 24.4 Å². The van der Waals surface area contributed by atoms with Crippen molar-refractivity contribution in [3.8, 4) is 0 Å². The number of halogens is 1. The Balaban J connectivity index is 1.66. The van der Waals surface area contributed by atoms with Crippen LogP contribution in [0.25, 0.3) is 0 Å². The molecule has 1 aliphatic rings. The molecule has 3 nitrogen and oxygen atoms in total. The summed E-state index contributed by atoms with van der Waals surface area (Å²) in [5.74, 6) is 0. The summed E-state index contributed by atoms with van der Waals surface area (Å²) >= 11 is 6.30. The molecule has 1 unspecified atom stereocenters. The Kier molecular flexibility index (Phi) is 4.87. The number of hydrogen-bond acceptors (Lipinski definition) is 1. The Morgan fingerprint density at radius 1 is 1.22 bits per heavy atom. The first-order valence-electron chi connectivity index (χ1n) is 7.99. The Labute approximate surface area is 142 Å². The highest BCUT2D eigenvalue weighted by molar-refractivity contribution is 6.31. The third-order valence-corrected chi connectivity index (χ3v) is 4.69. The van der Waals surface area contributed by atoms with Gasteiger partial charge in [0, 0.05) is 18.1 Å². The van der Waals surface area contributed by atoms with Crippen molar-refractivity contribution in [2.45, 2.75) is 32.4 Å². The molecule has 1 N–H and O–H groups in total. The van der Waals surface area contributed by atoms with Crippen LogP contribution in [-0.2, 0) is 6.54 Å².